The molecule has 3 aliphatic rings. The zero-order chi connectivity index (χ0) is 25.2. The summed E-state index contributed by atoms with van der Waals surface area (Å²) in [7, 11) is 0. The third-order valence-electron chi connectivity index (χ3n) is 7.58. The fourth-order valence-electron chi connectivity index (χ4n) is 5.50. The molecule has 0 spiro atoms. The number of phenolic OH excluding ortho intramolecular Hbond substituents is 2. The van der Waals surface area contributed by atoms with Crippen molar-refractivity contribution in [2.24, 2.45) is 5.73 Å². The summed E-state index contributed by atoms with van der Waals surface area (Å²) < 4.78 is 11.9. The van der Waals surface area contributed by atoms with Crippen molar-refractivity contribution in [1.29, 1.82) is 0 Å². The van der Waals surface area contributed by atoms with E-state index in [1.807, 2.05) is 0 Å². The lowest BCUT2D eigenvalue weighted by atomic mass is 9.72. The van der Waals surface area contributed by atoms with E-state index in [1.54, 1.807) is 26.0 Å². The molecule has 0 bridgehead atoms. The third kappa shape index (κ3) is 3.66. The maximum absolute atomic E-state index is 13.3. The lowest BCUT2D eigenvalue weighted by Crippen LogP contribution is -2.52. The van der Waals surface area contributed by atoms with Gasteiger partial charge in [-0.1, -0.05) is 31.2 Å². The molecule has 2 aliphatic carbocycles. The second-order valence-corrected chi connectivity index (χ2v) is 9.79. The zero-order valence-electron chi connectivity index (χ0n) is 19.5. The second kappa shape index (κ2) is 8.39. The number of hydrogen-bond donors (Lipinski definition) is 5. The van der Waals surface area contributed by atoms with Crippen molar-refractivity contribution in [3.63, 3.8) is 0 Å². The van der Waals surface area contributed by atoms with Crippen molar-refractivity contribution in [1.82, 2.24) is 0 Å². The van der Waals surface area contributed by atoms with Crippen LogP contribution in [0.5, 0.6) is 11.5 Å². The molecule has 2 aromatic rings. The number of benzene rings is 2. The van der Waals surface area contributed by atoms with E-state index in [-0.39, 0.29) is 52.6 Å². The highest BCUT2D eigenvalue weighted by atomic mass is 16.7. The number of phenols is 2. The number of rotatable bonds is 3. The standard InChI is InChI=1S/C26H29NO8/c1-3-26(33)9-14-18(16(10-26)35-17-8-15(27)21(28)11(2)34-17)25(32)20-19(24(14)31)22(29)12-6-4-5-7-13(12)23(20)30/h4-7,11,15-17,21,28,31-33H,3,8-10,27H2,1-2H3/t11-,15+,16+,17+,21+,26?/m1/s1. The van der Waals surface area contributed by atoms with Crippen LogP contribution in [0.2, 0.25) is 0 Å². The summed E-state index contributed by atoms with van der Waals surface area (Å²) >= 11 is 0. The van der Waals surface area contributed by atoms with Gasteiger partial charge in [0.2, 0.25) is 0 Å². The van der Waals surface area contributed by atoms with E-state index in [0.717, 1.165) is 0 Å². The average Bonchev–Trinajstić information content (AvgIpc) is 2.83. The molecule has 2 aromatic carbocycles. The van der Waals surface area contributed by atoms with Gasteiger partial charge >= 0.3 is 0 Å². The van der Waals surface area contributed by atoms with Gasteiger partial charge in [-0.15, -0.1) is 0 Å². The first-order valence-corrected chi connectivity index (χ1v) is 11.8. The topological polar surface area (TPSA) is 160 Å². The third-order valence-corrected chi connectivity index (χ3v) is 7.58. The lowest BCUT2D eigenvalue weighted by Gasteiger charge is -2.42. The van der Waals surface area contributed by atoms with Crippen molar-refractivity contribution in [2.75, 3.05) is 0 Å². The summed E-state index contributed by atoms with van der Waals surface area (Å²) in [5, 5.41) is 44.0. The smallest absolute Gasteiger partial charge is 0.198 e. The summed E-state index contributed by atoms with van der Waals surface area (Å²) in [6, 6.07) is 5.65. The molecule has 1 saturated heterocycles. The van der Waals surface area contributed by atoms with Gasteiger partial charge in [-0.25, -0.2) is 0 Å². The molecule has 0 amide bonds. The minimum absolute atomic E-state index is 0.0331. The summed E-state index contributed by atoms with van der Waals surface area (Å²) in [4.78, 5) is 26.6. The largest absolute Gasteiger partial charge is 0.507 e. The Balaban J connectivity index is 1.64. The number of hydrogen-bond acceptors (Lipinski definition) is 9. The van der Waals surface area contributed by atoms with Gasteiger partial charge in [-0.3, -0.25) is 9.59 Å². The fourth-order valence-corrected chi connectivity index (χ4v) is 5.50. The van der Waals surface area contributed by atoms with Crippen molar-refractivity contribution in [3.05, 3.63) is 57.6 Å². The van der Waals surface area contributed by atoms with E-state index >= 15 is 0 Å². The van der Waals surface area contributed by atoms with Gasteiger partial charge in [0.1, 0.15) is 11.5 Å². The summed E-state index contributed by atoms with van der Waals surface area (Å²) in [6.07, 6.45) is -2.76. The van der Waals surface area contributed by atoms with Crippen LogP contribution in [-0.4, -0.2) is 62.1 Å². The minimum Gasteiger partial charge on any atom is -0.507 e. The quantitative estimate of drug-likeness (QED) is 0.350. The molecule has 1 aliphatic heterocycles. The number of ketones is 2. The van der Waals surface area contributed by atoms with E-state index in [9.17, 15) is 30.0 Å². The van der Waals surface area contributed by atoms with Crippen LogP contribution in [0.4, 0.5) is 0 Å². The fraction of sp³-hybridized carbons (Fsp3) is 0.462. The maximum atomic E-state index is 13.3. The van der Waals surface area contributed by atoms with Crippen LogP contribution in [0.3, 0.4) is 0 Å². The maximum Gasteiger partial charge on any atom is 0.198 e. The van der Waals surface area contributed by atoms with Crippen LogP contribution in [0, 0.1) is 0 Å². The molecular formula is C26H29NO8. The Kier molecular flexibility index (Phi) is 5.73. The van der Waals surface area contributed by atoms with Gasteiger partial charge < -0.3 is 35.6 Å². The van der Waals surface area contributed by atoms with Gasteiger partial charge in [0.15, 0.2) is 17.9 Å². The zero-order valence-corrected chi connectivity index (χ0v) is 19.5. The summed E-state index contributed by atoms with van der Waals surface area (Å²) in [5.41, 5.74) is 4.79. The van der Waals surface area contributed by atoms with Gasteiger partial charge in [0, 0.05) is 47.6 Å². The highest BCUT2D eigenvalue weighted by Crippen LogP contribution is 2.52. The molecule has 6 N–H and O–H groups in total. The predicted octanol–water partition coefficient (Wildman–Crippen LogP) is 1.84. The molecular weight excluding hydrogens is 454 g/mol. The first-order chi connectivity index (χ1) is 16.6. The Bertz CT molecular complexity index is 1210. The highest BCUT2D eigenvalue weighted by molar-refractivity contribution is 6.30. The lowest BCUT2D eigenvalue weighted by molar-refractivity contribution is -0.247. The van der Waals surface area contributed by atoms with E-state index in [0.29, 0.717) is 6.42 Å². The molecule has 35 heavy (non-hydrogen) atoms. The van der Waals surface area contributed by atoms with Crippen molar-refractivity contribution in [2.45, 2.75) is 75.8 Å². The molecule has 1 fully saturated rings. The molecule has 186 valence electrons. The summed E-state index contributed by atoms with van der Waals surface area (Å²) in [5.74, 6) is -2.03. The number of fused-ring (bicyclic) bond motifs is 3. The van der Waals surface area contributed by atoms with Crippen molar-refractivity contribution in [3.8, 4) is 11.5 Å². The number of aliphatic hydroxyl groups excluding tert-OH is 1. The first-order valence-electron chi connectivity index (χ1n) is 11.8. The number of ether oxygens (including phenoxy) is 2. The number of aliphatic hydroxyl groups is 2. The Hall–Kier alpha value is -2.82. The van der Waals surface area contributed by atoms with E-state index < -0.39 is 59.3 Å². The van der Waals surface area contributed by atoms with Gasteiger partial charge in [0.25, 0.3) is 0 Å². The number of nitrogens with two attached hydrogens (primary N) is 1. The Morgan fingerprint density at radius 3 is 2.29 bits per heavy atom. The number of carbonyl (C=O) groups excluding carboxylic acids is 2. The average molecular weight is 484 g/mol. The molecule has 0 aromatic heterocycles. The molecule has 0 saturated carbocycles. The van der Waals surface area contributed by atoms with Crippen LogP contribution >= 0.6 is 0 Å². The molecule has 9 heteroatoms. The van der Waals surface area contributed by atoms with E-state index in [4.69, 9.17) is 15.2 Å². The van der Waals surface area contributed by atoms with Crippen LogP contribution in [0.15, 0.2) is 24.3 Å². The van der Waals surface area contributed by atoms with Gasteiger partial charge in [-0.2, -0.15) is 0 Å². The molecule has 1 heterocycles. The predicted molar refractivity (Wildman–Crippen MR) is 123 cm³/mol. The van der Waals surface area contributed by atoms with Gasteiger partial charge in [-0.05, 0) is 13.3 Å². The normalized spacial score (nSPS) is 32.1. The molecule has 9 nitrogen and oxygen atoms in total. The molecule has 0 radical (unpaired) electrons. The molecule has 6 atom stereocenters. The second-order valence-electron chi connectivity index (χ2n) is 9.79. The Morgan fingerprint density at radius 1 is 1.11 bits per heavy atom. The molecule has 5 rings (SSSR count). The Labute approximate surface area is 202 Å². The van der Waals surface area contributed by atoms with E-state index in [1.165, 1.54) is 12.1 Å². The number of carbonyl (C=O) groups is 2. The van der Waals surface area contributed by atoms with Crippen molar-refractivity contribution >= 4 is 11.6 Å². The van der Waals surface area contributed by atoms with Crippen LogP contribution in [0.1, 0.15) is 82.2 Å². The highest BCUT2D eigenvalue weighted by Gasteiger charge is 2.46. The van der Waals surface area contributed by atoms with Crippen molar-refractivity contribution < 1.29 is 39.5 Å². The first kappa shape index (κ1) is 23.9. The van der Waals surface area contributed by atoms with Crippen LogP contribution in [0.25, 0.3) is 0 Å². The minimum atomic E-state index is -1.29. The van der Waals surface area contributed by atoms with Crippen LogP contribution < -0.4 is 5.73 Å². The Morgan fingerprint density at radius 2 is 1.71 bits per heavy atom. The monoisotopic (exact) mass is 483 g/mol. The van der Waals surface area contributed by atoms with Gasteiger partial charge in [0.05, 0.1) is 35.0 Å². The SMILES string of the molecule is CCC1(O)Cc2c(O)c3c(c(O)c2[C@@H](O[C@H]2C[C@H](N)[C@@H](O)[C@@H](C)O2)C1)C(=O)c1ccccc1C3=O. The molecule has 1 unspecified atom stereocenters. The number of aromatic hydroxyl groups is 2. The summed E-state index contributed by atoms with van der Waals surface area (Å²) in [6.45, 7) is 3.45. The van der Waals surface area contributed by atoms with Crippen LogP contribution in [-0.2, 0) is 15.9 Å². The van der Waals surface area contributed by atoms with E-state index in [2.05, 4.69) is 0 Å².